The summed E-state index contributed by atoms with van der Waals surface area (Å²) >= 11 is 0. The van der Waals surface area contributed by atoms with E-state index in [4.69, 9.17) is 0 Å². The molecular formula is C21H44N2O2. The Labute approximate surface area is 157 Å². The number of carbonyl (C=O) groups excluding carboxylic acids is 1. The number of nitrogens with one attached hydrogen (secondary N) is 1. The van der Waals surface area contributed by atoms with Crippen LogP contribution in [0.3, 0.4) is 0 Å². The second-order valence-corrected chi connectivity index (χ2v) is 8.39. The third-order valence-electron chi connectivity index (χ3n) is 4.87. The molecule has 4 nitrogen and oxygen atoms in total. The molecule has 0 aliphatic heterocycles. The average molecular weight is 357 g/mol. The third-order valence-corrected chi connectivity index (χ3v) is 4.87. The SMILES string of the molecule is CCCCCCCCCCCCCCCCNC(C(=O)[O-])[N+](C)(C)C. The van der Waals surface area contributed by atoms with Gasteiger partial charge >= 0.3 is 0 Å². The Balaban J connectivity index is 3.32. The molecule has 0 aromatic carbocycles. The Morgan fingerprint density at radius 1 is 0.760 bits per heavy atom. The van der Waals surface area contributed by atoms with E-state index in [1.807, 2.05) is 21.1 Å². The first-order valence-corrected chi connectivity index (χ1v) is 10.6. The summed E-state index contributed by atoms with van der Waals surface area (Å²) in [6.07, 6.45) is 18.1. The van der Waals surface area contributed by atoms with E-state index in [0.29, 0.717) is 4.48 Å². The molecule has 1 unspecified atom stereocenters. The summed E-state index contributed by atoms with van der Waals surface area (Å²) < 4.78 is 0.348. The van der Waals surface area contributed by atoms with Gasteiger partial charge in [0.2, 0.25) is 0 Å². The summed E-state index contributed by atoms with van der Waals surface area (Å²) in [6.45, 7) is 3.03. The zero-order valence-corrected chi connectivity index (χ0v) is 17.4. The van der Waals surface area contributed by atoms with Crippen molar-refractivity contribution in [3.05, 3.63) is 0 Å². The molecule has 1 N–H and O–H groups in total. The van der Waals surface area contributed by atoms with Gasteiger partial charge in [-0.05, 0) is 6.42 Å². The summed E-state index contributed by atoms with van der Waals surface area (Å²) in [7, 11) is 5.62. The van der Waals surface area contributed by atoms with Gasteiger partial charge in [-0.3, -0.25) is 5.32 Å². The first kappa shape index (κ1) is 24.4. The first-order chi connectivity index (χ1) is 11.9. The van der Waals surface area contributed by atoms with Gasteiger partial charge in [0.15, 0.2) is 6.17 Å². The number of carboxylic acids is 1. The largest absolute Gasteiger partial charge is 0.543 e. The van der Waals surface area contributed by atoms with Crippen LogP contribution in [0.5, 0.6) is 0 Å². The van der Waals surface area contributed by atoms with Gasteiger partial charge < -0.3 is 14.4 Å². The van der Waals surface area contributed by atoms with Gasteiger partial charge in [0.25, 0.3) is 0 Å². The van der Waals surface area contributed by atoms with Gasteiger partial charge in [-0.1, -0.05) is 90.4 Å². The lowest BCUT2D eigenvalue weighted by Gasteiger charge is -2.35. The lowest BCUT2D eigenvalue weighted by Crippen LogP contribution is -2.62. The van der Waals surface area contributed by atoms with E-state index in [1.165, 1.54) is 83.5 Å². The van der Waals surface area contributed by atoms with Crippen LogP contribution in [-0.4, -0.2) is 44.3 Å². The third kappa shape index (κ3) is 15.4. The molecule has 0 amide bonds. The highest BCUT2D eigenvalue weighted by molar-refractivity contribution is 5.69. The summed E-state index contributed by atoms with van der Waals surface area (Å²) in [5.41, 5.74) is 0. The number of likely N-dealkylation sites (N-methyl/N-ethyl adjacent to an activating group) is 1. The molecule has 0 saturated carbocycles. The standard InChI is InChI=1S/C21H44N2O2/c1-5-6-7-8-9-10-11-12-13-14-15-16-17-18-19-22-20(21(24)25)23(2,3)4/h20,22H,5-19H2,1-4H3. The van der Waals surface area contributed by atoms with Gasteiger partial charge in [0, 0.05) is 6.54 Å². The normalized spacial score (nSPS) is 13.1. The van der Waals surface area contributed by atoms with E-state index in [0.717, 1.165) is 13.0 Å². The molecular weight excluding hydrogens is 312 g/mol. The van der Waals surface area contributed by atoms with E-state index in [9.17, 15) is 9.90 Å². The Kier molecular flexibility index (Phi) is 15.2. The molecule has 25 heavy (non-hydrogen) atoms. The topological polar surface area (TPSA) is 52.2 Å². The minimum atomic E-state index is -1.02. The van der Waals surface area contributed by atoms with Crippen LogP contribution in [0.4, 0.5) is 0 Å². The molecule has 0 aliphatic rings. The molecule has 0 fully saturated rings. The second kappa shape index (κ2) is 15.6. The molecule has 0 bridgehead atoms. The smallest absolute Gasteiger partial charge is 0.183 e. The lowest BCUT2D eigenvalue weighted by molar-refractivity contribution is -0.892. The Bertz CT molecular complexity index is 314. The van der Waals surface area contributed by atoms with Crippen molar-refractivity contribution >= 4 is 5.97 Å². The number of quaternary nitrogens is 1. The number of carbonyl (C=O) groups is 1. The number of hydrogen-bond donors (Lipinski definition) is 1. The molecule has 0 saturated heterocycles. The van der Waals surface area contributed by atoms with Crippen LogP contribution in [-0.2, 0) is 4.79 Å². The number of rotatable bonds is 18. The highest BCUT2D eigenvalue weighted by Gasteiger charge is 2.23. The van der Waals surface area contributed by atoms with Crippen molar-refractivity contribution in [1.82, 2.24) is 5.32 Å². The number of aliphatic carboxylic acids is 1. The van der Waals surface area contributed by atoms with Crippen molar-refractivity contribution in [2.75, 3.05) is 27.7 Å². The monoisotopic (exact) mass is 356 g/mol. The zero-order chi connectivity index (χ0) is 19.0. The van der Waals surface area contributed by atoms with E-state index < -0.39 is 12.1 Å². The summed E-state index contributed by atoms with van der Waals surface area (Å²) in [6, 6.07) is 0. The molecule has 0 aliphatic carbocycles. The molecule has 4 heteroatoms. The van der Waals surface area contributed by atoms with Crippen LogP contribution in [0.2, 0.25) is 0 Å². The van der Waals surface area contributed by atoms with E-state index in [1.54, 1.807) is 0 Å². The average Bonchev–Trinajstić information content (AvgIpc) is 2.53. The van der Waals surface area contributed by atoms with Gasteiger partial charge in [0.1, 0.15) is 5.97 Å². The fraction of sp³-hybridized carbons (Fsp3) is 0.952. The molecule has 150 valence electrons. The van der Waals surface area contributed by atoms with Crippen molar-refractivity contribution in [2.45, 2.75) is 103 Å². The predicted octanol–water partition coefficient (Wildman–Crippen LogP) is 3.84. The number of hydrogen-bond acceptors (Lipinski definition) is 3. The molecule has 0 radical (unpaired) electrons. The summed E-state index contributed by atoms with van der Waals surface area (Å²) in [4.78, 5) is 11.1. The van der Waals surface area contributed by atoms with Gasteiger partial charge in [-0.25, -0.2) is 0 Å². The molecule has 0 heterocycles. The highest BCUT2D eigenvalue weighted by Crippen LogP contribution is 2.12. The number of carboxylic acid groups (broad SMARTS) is 1. The van der Waals surface area contributed by atoms with Crippen LogP contribution in [0.25, 0.3) is 0 Å². The molecule has 1 atom stereocenters. The van der Waals surface area contributed by atoms with Crippen molar-refractivity contribution in [3.8, 4) is 0 Å². The summed E-state index contributed by atoms with van der Waals surface area (Å²) in [5, 5.41) is 14.2. The van der Waals surface area contributed by atoms with Crippen molar-refractivity contribution < 1.29 is 14.4 Å². The van der Waals surface area contributed by atoms with Gasteiger partial charge in [0.05, 0.1) is 21.1 Å². The lowest BCUT2D eigenvalue weighted by atomic mass is 10.0. The maximum Gasteiger partial charge on any atom is 0.183 e. The van der Waals surface area contributed by atoms with E-state index >= 15 is 0 Å². The Hall–Kier alpha value is -0.610. The Morgan fingerprint density at radius 3 is 1.44 bits per heavy atom. The van der Waals surface area contributed by atoms with Crippen molar-refractivity contribution in [3.63, 3.8) is 0 Å². The number of nitrogens with zero attached hydrogens (tertiary/aromatic N) is 1. The van der Waals surface area contributed by atoms with Crippen LogP contribution < -0.4 is 10.4 Å². The van der Waals surface area contributed by atoms with Crippen LogP contribution >= 0.6 is 0 Å². The quantitative estimate of drug-likeness (QED) is 0.231. The van der Waals surface area contributed by atoms with Gasteiger partial charge in [-0.2, -0.15) is 0 Å². The maximum atomic E-state index is 11.1. The minimum absolute atomic E-state index is 0.348. The second-order valence-electron chi connectivity index (χ2n) is 8.39. The minimum Gasteiger partial charge on any atom is -0.543 e. The molecule has 0 rings (SSSR count). The van der Waals surface area contributed by atoms with Crippen LogP contribution in [0.1, 0.15) is 96.8 Å². The predicted molar refractivity (Wildman–Crippen MR) is 105 cm³/mol. The van der Waals surface area contributed by atoms with Crippen LogP contribution in [0.15, 0.2) is 0 Å². The molecule has 0 aromatic heterocycles. The van der Waals surface area contributed by atoms with Crippen molar-refractivity contribution in [2.24, 2.45) is 0 Å². The fourth-order valence-corrected chi connectivity index (χ4v) is 3.23. The van der Waals surface area contributed by atoms with Crippen LogP contribution in [0, 0.1) is 0 Å². The van der Waals surface area contributed by atoms with Crippen molar-refractivity contribution in [1.29, 1.82) is 0 Å². The Morgan fingerprint density at radius 2 is 1.12 bits per heavy atom. The molecule has 0 spiro atoms. The molecule has 0 aromatic rings. The number of unbranched alkanes of at least 4 members (excludes halogenated alkanes) is 13. The first-order valence-electron chi connectivity index (χ1n) is 10.6. The zero-order valence-electron chi connectivity index (χ0n) is 17.4. The summed E-state index contributed by atoms with van der Waals surface area (Å²) in [5.74, 6) is -1.02. The maximum absolute atomic E-state index is 11.1. The van der Waals surface area contributed by atoms with Gasteiger partial charge in [-0.15, -0.1) is 0 Å². The van der Waals surface area contributed by atoms with E-state index in [-0.39, 0.29) is 0 Å². The fourth-order valence-electron chi connectivity index (χ4n) is 3.23. The highest BCUT2D eigenvalue weighted by atomic mass is 16.4. The van der Waals surface area contributed by atoms with E-state index in [2.05, 4.69) is 12.2 Å².